The van der Waals surface area contributed by atoms with Crippen molar-refractivity contribution in [2.24, 2.45) is 0 Å². The van der Waals surface area contributed by atoms with Gasteiger partial charge in [0.2, 0.25) is 10.0 Å². The van der Waals surface area contributed by atoms with Gasteiger partial charge in [-0.25, -0.2) is 17.9 Å². The molecular weight excluding hydrogens is 318 g/mol. The molecule has 0 bridgehead atoms. The highest BCUT2D eigenvalue weighted by Gasteiger charge is 2.17. The van der Waals surface area contributed by atoms with Crippen LogP contribution >= 0.6 is 11.6 Å². The van der Waals surface area contributed by atoms with Crippen LogP contribution in [0.3, 0.4) is 0 Å². The molecule has 0 aliphatic rings. The highest BCUT2D eigenvalue weighted by molar-refractivity contribution is 7.89. The first-order valence-electron chi connectivity index (χ1n) is 6.48. The Kier molecular flexibility index (Phi) is 7.10. The van der Waals surface area contributed by atoms with Crippen LogP contribution in [-0.2, 0) is 14.8 Å². The van der Waals surface area contributed by atoms with Crippen molar-refractivity contribution in [2.45, 2.75) is 24.7 Å². The minimum Gasteiger partial charge on any atom is -0.478 e. The van der Waals surface area contributed by atoms with Gasteiger partial charge in [-0.3, -0.25) is 0 Å². The van der Waals surface area contributed by atoms with Gasteiger partial charge in [-0.1, -0.05) is 18.5 Å². The van der Waals surface area contributed by atoms with E-state index >= 15 is 0 Å². The summed E-state index contributed by atoms with van der Waals surface area (Å²) < 4.78 is 31.7. The fourth-order valence-electron chi connectivity index (χ4n) is 1.55. The molecule has 1 aromatic carbocycles. The van der Waals surface area contributed by atoms with Gasteiger partial charge >= 0.3 is 5.97 Å². The van der Waals surface area contributed by atoms with Crippen LogP contribution in [-0.4, -0.2) is 39.3 Å². The summed E-state index contributed by atoms with van der Waals surface area (Å²) in [5.41, 5.74) is -0.136. The number of nitrogens with one attached hydrogen (secondary N) is 1. The third-order valence-corrected chi connectivity index (χ3v) is 4.36. The summed E-state index contributed by atoms with van der Waals surface area (Å²) in [5, 5.41) is 8.73. The van der Waals surface area contributed by atoms with E-state index in [0.717, 1.165) is 12.5 Å². The molecule has 0 saturated carbocycles. The van der Waals surface area contributed by atoms with Gasteiger partial charge in [0, 0.05) is 19.8 Å². The predicted molar refractivity (Wildman–Crippen MR) is 79.3 cm³/mol. The minimum atomic E-state index is -3.70. The van der Waals surface area contributed by atoms with Crippen LogP contribution in [0.25, 0.3) is 0 Å². The number of aromatic carboxylic acids is 1. The maximum Gasteiger partial charge on any atom is 0.337 e. The lowest BCUT2D eigenvalue weighted by Gasteiger charge is -2.08. The lowest BCUT2D eigenvalue weighted by atomic mass is 10.2. The fraction of sp³-hybridized carbons (Fsp3) is 0.462. The normalized spacial score (nSPS) is 11.5. The van der Waals surface area contributed by atoms with E-state index in [9.17, 15) is 13.2 Å². The molecule has 0 heterocycles. The van der Waals surface area contributed by atoms with Crippen LogP contribution in [0.1, 0.15) is 30.1 Å². The molecule has 0 radical (unpaired) electrons. The lowest BCUT2D eigenvalue weighted by molar-refractivity contribution is 0.0697. The van der Waals surface area contributed by atoms with Gasteiger partial charge in [0.25, 0.3) is 0 Å². The molecule has 0 fully saturated rings. The number of carboxylic acid groups (broad SMARTS) is 1. The van der Waals surface area contributed by atoms with Gasteiger partial charge in [0.15, 0.2) is 0 Å². The van der Waals surface area contributed by atoms with Crippen LogP contribution in [0.4, 0.5) is 0 Å². The third kappa shape index (κ3) is 5.62. The van der Waals surface area contributed by atoms with Crippen molar-refractivity contribution in [3.63, 3.8) is 0 Å². The Hall–Kier alpha value is -1.15. The van der Waals surface area contributed by atoms with Crippen molar-refractivity contribution in [3.05, 3.63) is 28.8 Å². The molecule has 1 rings (SSSR count). The summed E-state index contributed by atoms with van der Waals surface area (Å²) in [4.78, 5) is 10.8. The van der Waals surface area contributed by atoms with Gasteiger partial charge in [0.1, 0.15) is 0 Å². The standard InChI is InChI=1S/C13H18ClNO5S/c1-2-7-20-8-3-6-15-21(18,19)10-4-5-11(13(16)17)12(14)9-10/h4-5,9,15H,2-3,6-8H2,1H3,(H,16,17). The lowest BCUT2D eigenvalue weighted by Crippen LogP contribution is -2.25. The van der Waals surface area contributed by atoms with E-state index in [1.54, 1.807) is 0 Å². The zero-order valence-electron chi connectivity index (χ0n) is 11.6. The molecule has 0 aliphatic heterocycles. The van der Waals surface area contributed by atoms with Crippen LogP contribution in [0, 0.1) is 0 Å². The van der Waals surface area contributed by atoms with Crippen molar-refractivity contribution in [2.75, 3.05) is 19.8 Å². The molecule has 6 nitrogen and oxygen atoms in total. The second kappa shape index (κ2) is 8.33. The van der Waals surface area contributed by atoms with Gasteiger partial charge in [-0.15, -0.1) is 0 Å². The summed E-state index contributed by atoms with van der Waals surface area (Å²) in [6, 6.07) is 3.51. The number of hydrogen-bond donors (Lipinski definition) is 2. The van der Waals surface area contributed by atoms with E-state index in [0.29, 0.717) is 19.6 Å². The number of rotatable bonds is 9. The second-order valence-corrected chi connectivity index (χ2v) is 6.48. The van der Waals surface area contributed by atoms with Crippen molar-refractivity contribution in [3.8, 4) is 0 Å². The summed E-state index contributed by atoms with van der Waals surface area (Å²) >= 11 is 5.76. The van der Waals surface area contributed by atoms with Crippen LogP contribution in [0.5, 0.6) is 0 Å². The third-order valence-electron chi connectivity index (χ3n) is 2.59. The molecule has 118 valence electrons. The zero-order chi connectivity index (χ0) is 15.9. The Morgan fingerprint density at radius 3 is 2.67 bits per heavy atom. The molecule has 0 spiro atoms. The van der Waals surface area contributed by atoms with Crippen LogP contribution in [0.15, 0.2) is 23.1 Å². The number of hydrogen-bond acceptors (Lipinski definition) is 4. The van der Waals surface area contributed by atoms with E-state index in [1.807, 2.05) is 6.92 Å². The molecule has 0 saturated heterocycles. The average molecular weight is 336 g/mol. The maximum atomic E-state index is 12.0. The molecule has 2 N–H and O–H groups in total. The van der Waals surface area contributed by atoms with Gasteiger partial charge in [-0.05, 0) is 31.0 Å². The Balaban J connectivity index is 2.62. The SMILES string of the molecule is CCCOCCCNS(=O)(=O)c1ccc(C(=O)O)c(Cl)c1. The van der Waals surface area contributed by atoms with E-state index in [1.165, 1.54) is 12.1 Å². The van der Waals surface area contributed by atoms with Gasteiger partial charge in [-0.2, -0.15) is 0 Å². The first-order chi connectivity index (χ1) is 9.88. The molecule has 0 aromatic heterocycles. The van der Waals surface area contributed by atoms with Gasteiger partial charge < -0.3 is 9.84 Å². The Labute approximate surface area is 129 Å². The Morgan fingerprint density at radius 1 is 1.38 bits per heavy atom. The topological polar surface area (TPSA) is 92.7 Å². The summed E-state index contributed by atoms with van der Waals surface area (Å²) in [6.07, 6.45) is 1.47. The van der Waals surface area contributed by atoms with E-state index in [-0.39, 0.29) is 22.0 Å². The van der Waals surface area contributed by atoms with Crippen LogP contribution in [0.2, 0.25) is 5.02 Å². The number of sulfonamides is 1. The van der Waals surface area contributed by atoms with Crippen LogP contribution < -0.4 is 4.72 Å². The fourth-order valence-corrected chi connectivity index (χ4v) is 2.97. The number of carbonyl (C=O) groups is 1. The number of carboxylic acids is 1. The number of ether oxygens (including phenoxy) is 1. The largest absolute Gasteiger partial charge is 0.478 e. The first kappa shape index (κ1) is 17.9. The Bertz CT molecular complexity index is 588. The first-order valence-corrected chi connectivity index (χ1v) is 8.35. The molecule has 8 heteroatoms. The van der Waals surface area contributed by atoms with E-state index in [2.05, 4.69) is 4.72 Å². The maximum absolute atomic E-state index is 12.0. The summed E-state index contributed by atoms with van der Waals surface area (Å²) in [7, 11) is -3.70. The zero-order valence-corrected chi connectivity index (χ0v) is 13.2. The van der Waals surface area contributed by atoms with Crippen molar-refractivity contribution >= 4 is 27.6 Å². The highest BCUT2D eigenvalue weighted by Crippen LogP contribution is 2.20. The molecule has 0 aliphatic carbocycles. The van der Waals surface area contributed by atoms with E-state index < -0.39 is 16.0 Å². The molecular formula is C13H18ClNO5S. The predicted octanol–water partition coefficient (Wildman–Crippen LogP) is 2.13. The molecule has 0 amide bonds. The average Bonchev–Trinajstić information content (AvgIpc) is 2.42. The monoisotopic (exact) mass is 335 g/mol. The van der Waals surface area contributed by atoms with Crippen molar-refractivity contribution < 1.29 is 23.1 Å². The van der Waals surface area contributed by atoms with E-state index in [4.69, 9.17) is 21.4 Å². The summed E-state index contributed by atoms with van der Waals surface area (Å²) in [6.45, 7) is 3.37. The molecule has 1 aromatic rings. The quantitative estimate of drug-likeness (QED) is 0.674. The Morgan fingerprint density at radius 2 is 2.10 bits per heavy atom. The minimum absolute atomic E-state index is 0.0630. The second-order valence-electron chi connectivity index (χ2n) is 4.31. The smallest absolute Gasteiger partial charge is 0.337 e. The number of benzene rings is 1. The highest BCUT2D eigenvalue weighted by atomic mass is 35.5. The van der Waals surface area contributed by atoms with Crippen molar-refractivity contribution in [1.82, 2.24) is 4.72 Å². The molecule has 0 atom stereocenters. The number of halogens is 1. The van der Waals surface area contributed by atoms with Crippen molar-refractivity contribution in [1.29, 1.82) is 0 Å². The van der Waals surface area contributed by atoms with Gasteiger partial charge in [0.05, 0.1) is 15.5 Å². The molecule has 21 heavy (non-hydrogen) atoms. The summed E-state index contributed by atoms with van der Waals surface area (Å²) in [5.74, 6) is -1.20. The molecule has 0 unspecified atom stereocenters.